The maximum absolute atomic E-state index is 12.1. The van der Waals surface area contributed by atoms with Crippen LogP contribution in [-0.4, -0.2) is 24.5 Å². The lowest BCUT2D eigenvalue weighted by Gasteiger charge is -2.09. The molecule has 3 rings (SSSR count). The van der Waals surface area contributed by atoms with Crippen molar-refractivity contribution in [1.82, 2.24) is 10.9 Å². The summed E-state index contributed by atoms with van der Waals surface area (Å²) in [6.07, 6.45) is 0. The topological polar surface area (TPSA) is 106 Å². The van der Waals surface area contributed by atoms with Crippen molar-refractivity contribution >= 4 is 23.4 Å². The van der Waals surface area contributed by atoms with E-state index >= 15 is 0 Å². The third-order valence-corrected chi connectivity index (χ3v) is 3.37. The average Bonchev–Trinajstić information content (AvgIpc) is 3.06. The van der Waals surface area contributed by atoms with E-state index in [-0.39, 0.29) is 18.3 Å². The van der Waals surface area contributed by atoms with Gasteiger partial charge in [0, 0.05) is 23.7 Å². The minimum absolute atomic E-state index is 0.113. The summed E-state index contributed by atoms with van der Waals surface area (Å²) in [5.74, 6) is -0.211. The molecule has 0 unspecified atom stereocenters. The smallest absolute Gasteiger partial charge is 0.269 e. The van der Waals surface area contributed by atoms with Crippen LogP contribution in [0.25, 0.3) is 0 Å². The molecule has 0 radical (unpaired) electrons. The summed E-state index contributed by atoms with van der Waals surface area (Å²) in [6.45, 7) is 1.49. The molecule has 8 nitrogen and oxygen atoms in total. The largest absolute Gasteiger partial charge is 0.454 e. The predicted molar refractivity (Wildman–Crippen MR) is 88.2 cm³/mol. The van der Waals surface area contributed by atoms with Crippen LogP contribution in [0.3, 0.4) is 0 Å². The second kappa shape index (κ2) is 6.91. The molecular weight excluding hydrogens is 326 g/mol. The van der Waals surface area contributed by atoms with Gasteiger partial charge in [-0.25, -0.2) is 0 Å². The highest BCUT2D eigenvalue weighted by Gasteiger charge is 2.16. The van der Waals surface area contributed by atoms with Gasteiger partial charge in [-0.2, -0.15) is 0 Å². The number of amides is 3. The molecule has 2 aromatic carbocycles. The molecule has 128 valence electrons. The van der Waals surface area contributed by atoms with Crippen LogP contribution in [0, 0.1) is 0 Å². The fraction of sp³-hybridized carbons (Fsp3) is 0.118. The van der Waals surface area contributed by atoms with Crippen LogP contribution >= 0.6 is 0 Å². The Morgan fingerprint density at radius 1 is 0.880 bits per heavy atom. The second-order valence-electron chi connectivity index (χ2n) is 5.24. The van der Waals surface area contributed by atoms with Gasteiger partial charge in [0.1, 0.15) is 0 Å². The summed E-state index contributed by atoms with van der Waals surface area (Å²) in [5, 5.41) is 2.58. The summed E-state index contributed by atoms with van der Waals surface area (Å²) < 4.78 is 10.4. The van der Waals surface area contributed by atoms with Crippen LogP contribution in [0.15, 0.2) is 42.5 Å². The summed E-state index contributed by atoms with van der Waals surface area (Å²) >= 11 is 0. The Balaban J connectivity index is 1.62. The molecule has 3 N–H and O–H groups in total. The zero-order chi connectivity index (χ0) is 17.8. The molecule has 0 saturated heterocycles. The summed E-state index contributed by atoms with van der Waals surface area (Å²) in [4.78, 5) is 35.3. The number of ether oxygens (including phenoxy) is 2. The van der Waals surface area contributed by atoms with Gasteiger partial charge in [0.2, 0.25) is 12.7 Å². The summed E-state index contributed by atoms with van der Waals surface area (Å²) in [6, 6.07) is 11.1. The van der Waals surface area contributed by atoms with E-state index < -0.39 is 11.8 Å². The van der Waals surface area contributed by atoms with Gasteiger partial charge >= 0.3 is 0 Å². The van der Waals surface area contributed by atoms with Gasteiger partial charge in [0.25, 0.3) is 11.8 Å². The molecule has 0 saturated carbocycles. The molecule has 25 heavy (non-hydrogen) atoms. The van der Waals surface area contributed by atoms with Crippen LogP contribution in [0.5, 0.6) is 11.5 Å². The highest BCUT2D eigenvalue weighted by atomic mass is 16.7. The van der Waals surface area contributed by atoms with E-state index in [0.717, 1.165) is 0 Å². The number of carbonyl (C=O) groups is 3. The van der Waals surface area contributed by atoms with Crippen molar-refractivity contribution in [2.24, 2.45) is 0 Å². The number of hydrogen-bond donors (Lipinski definition) is 3. The molecule has 3 amide bonds. The van der Waals surface area contributed by atoms with Crippen molar-refractivity contribution in [3.8, 4) is 11.5 Å². The Hall–Kier alpha value is -3.55. The molecular formula is C17H15N3O5. The third-order valence-electron chi connectivity index (χ3n) is 3.37. The first-order valence-corrected chi connectivity index (χ1v) is 7.41. The van der Waals surface area contributed by atoms with E-state index in [2.05, 4.69) is 16.2 Å². The fourth-order valence-corrected chi connectivity index (χ4v) is 2.24. The lowest BCUT2D eigenvalue weighted by Crippen LogP contribution is -2.41. The third kappa shape index (κ3) is 3.86. The number of hydrogen-bond acceptors (Lipinski definition) is 5. The molecule has 0 aromatic heterocycles. The minimum atomic E-state index is -0.513. The standard InChI is InChI=1S/C17H15N3O5/c1-10(21)18-13-4-2-3-11(7-13)16(22)19-20-17(23)12-5-6-14-15(8-12)25-9-24-14/h2-8H,9H2,1H3,(H,18,21)(H,19,22)(H,20,23). The maximum atomic E-state index is 12.1. The first-order valence-electron chi connectivity index (χ1n) is 7.41. The van der Waals surface area contributed by atoms with Gasteiger partial charge in [-0.3, -0.25) is 25.2 Å². The lowest BCUT2D eigenvalue weighted by atomic mass is 10.2. The number of nitrogens with one attached hydrogen (secondary N) is 3. The quantitative estimate of drug-likeness (QED) is 0.733. The molecule has 0 aliphatic carbocycles. The van der Waals surface area contributed by atoms with Crippen LogP contribution in [0.1, 0.15) is 27.6 Å². The van der Waals surface area contributed by atoms with Crippen molar-refractivity contribution in [3.63, 3.8) is 0 Å². The SMILES string of the molecule is CC(=O)Nc1cccc(C(=O)NNC(=O)c2ccc3c(c2)OCO3)c1. The van der Waals surface area contributed by atoms with Crippen molar-refractivity contribution in [1.29, 1.82) is 0 Å². The van der Waals surface area contributed by atoms with E-state index in [0.29, 0.717) is 22.7 Å². The monoisotopic (exact) mass is 341 g/mol. The Morgan fingerprint density at radius 2 is 1.56 bits per heavy atom. The predicted octanol–water partition coefficient (Wildman–Crippen LogP) is 1.45. The zero-order valence-electron chi connectivity index (χ0n) is 13.3. The van der Waals surface area contributed by atoms with Gasteiger partial charge in [-0.1, -0.05) is 6.07 Å². The Bertz CT molecular complexity index is 850. The number of fused-ring (bicyclic) bond motifs is 1. The van der Waals surface area contributed by atoms with Crippen molar-refractivity contribution in [3.05, 3.63) is 53.6 Å². The number of anilines is 1. The molecule has 8 heteroatoms. The molecule has 2 aromatic rings. The Morgan fingerprint density at radius 3 is 2.28 bits per heavy atom. The number of rotatable bonds is 3. The summed E-state index contributed by atoms with van der Waals surface area (Å²) in [7, 11) is 0. The van der Waals surface area contributed by atoms with Gasteiger partial charge in [0.15, 0.2) is 11.5 Å². The first-order chi connectivity index (χ1) is 12.0. The molecule has 1 aliphatic rings. The van der Waals surface area contributed by atoms with Crippen LogP contribution in [-0.2, 0) is 4.79 Å². The number of hydrazine groups is 1. The maximum Gasteiger partial charge on any atom is 0.269 e. The average molecular weight is 341 g/mol. The van der Waals surface area contributed by atoms with Crippen molar-refractivity contribution in [2.75, 3.05) is 12.1 Å². The van der Waals surface area contributed by atoms with Crippen molar-refractivity contribution < 1.29 is 23.9 Å². The van der Waals surface area contributed by atoms with Crippen LogP contribution in [0.4, 0.5) is 5.69 Å². The van der Waals surface area contributed by atoms with E-state index in [1.54, 1.807) is 30.3 Å². The fourth-order valence-electron chi connectivity index (χ4n) is 2.24. The van der Waals surface area contributed by atoms with Crippen LogP contribution < -0.4 is 25.6 Å². The van der Waals surface area contributed by atoms with Crippen LogP contribution in [0.2, 0.25) is 0 Å². The van der Waals surface area contributed by atoms with Gasteiger partial charge in [-0.05, 0) is 36.4 Å². The normalized spacial score (nSPS) is 11.6. The Kier molecular flexibility index (Phi) is 4.51. The minimum Gasteiger partial charge on any atom is -0.454 e. The molecule has 0 bridgehead atoms. The van der Waals surface area contributed by atoms with E-state index in [9.17, 15) is 14.4 Å². The first kappa shape index (κ1) is 16.3. The highest BCUT2D eigenvalue weighted by molar-refractivity contribution is 6.00. The molecule has 1 aliphatic heterocycles. The molecule has 0 atom stereocenters. The van der Waals surface area contributed by atoms with E-state index in [4.69, 9.17) is 9.47 Å². The molecule has 0 fully saturated rings. The highest BCUT2D eigenvalue weighted by Crippen LogP contribution is 2.32. The number of benzene rings is 2. The molecule has 0 spiro atoms. The van der Waals surface area contributed by atoms with Gasteiger partial charge < -0.3 is 14.8 Å². The van der Waals surface area contributed by atoms with Gasteiger partial charge in [-0.15, -0.1) is 0 Å². The zero-order valence-corrected chi connectivity index (χ0v) is 13.3. The number of carbonyl (C=O) groups excluding carboxylic acids is 3. The van der Waals surface area contributed by atoms with Crippen molar-refractivity contribution in [2.45, 2.75) is 6.92 Å². The second-order valence-corrected chi connectivity index (χ2v) is 5.24. The van der Waals surface area contributed by atoms with E-state index in [1.165, 1.54) is 19.1 Å². The van der Waals surface area contributed by atoms with Gasteiger partial charge in [0.05, 0.1) is 0 Å². The summed E-state index contributed by atoms with van der Waals surface area (Å²) in [5.41, 5.74) is 5.74. The van der Waals surface area contributed by atoms with E-state index in [1.807, 2.05) is 0 Å². The molecule has 1 heterocycles. The Labute approximate surface area is 143 Å². The lowest BCUT2D eigenvalue weighted by molar-refractivity contribution is -0.114.